The molecule has 39 heavy (non-hydrogen) atoms. The van der Waals surface area contributed by atoms with Crippen molar-refractivity contribution in [3.63, 3.8) is 0 Å². The Bertz CT molecular complexity index is 1320. The molecule has 0 spiro atoms. The van der Waals surface area contributed by atoms with E-state index in [0.717, 1.165) is 41.9 Å². The highest BCUT2D eigenvalue weighted by molar-refractivity contribution is 7.27. The van der Waals surface area contributed by atoms with E-state index < -0.39 is 0 Å². The van der Waals surface area contributed by atoms with E-state index in [-0.39, 0.29) is 6.10 Å². The van der Waals surface area contributed by atoms with Gasteiger partial charge in [0.05, 0.1) is 21.0 Å². The second-order valence-corrected chi connectivity index (χ2v) is 14.1. The van der Waals surface area contributed by atoms with Crippen LogP contribution < -0.4 is 4.74 Å². The molecule has 1 aromatic carbocycles. The summed E-state index contributed by atoms with van der Waals surface area (Å²) in [5.41, 5.74) is 3.13. The number of fused-ring (bicyclic) bond motifs is 6. The Hall–Kier alpha value is -1.72. The molecule has 0 N–H and O–H groups in total. The Morgan fingerprint density at radius 1 is 0.667 bits per heavy atom. The Balaban J connectivity index is 1.53. The van der Waals surface area contributed by atoms with E-state index in [1.165, 1.54) is 113 Å². The quantitative estimate of drug-likeness (QED) is 0.112. The van der Waals surface area contributed by atoms with E-state index in [4.69, 9.17) is 14.7 Å². The van der Waals surface area contributed by atoms with Crippen LogP contribution in [-0.4, -0.2) is 16.1 Å². The summed E-state index contributed by atoms with van der Waals surface area (Å²) in [4.78, 5) is 13.3. The molecule has 0 radical (unpaired) electrons. The van der Waals surface area contributed by atoms with E-state index in [1.807, 2.05) is 22.7 Å². The molecular weight excluding hydrogens is 517 g/mol. The largest absolute Gasteiger partial charge is 0.473 e. The molecule has 4 aromatic rings. The summed E-state index contributed by atoms with van der Waals surface area (Å²) in [5.74, 6) is 0.777. The SMILES string of the molecule is CCCCCCCCCCC(C)Oc1nc2c3cc(C)sc3c3sc(C)cc3c2nc1CCCCCCCC. The third-order valence-corrected chi connectivity index (χ3v) is 10.2. The maximum atomic E-state index is 6.61. The first-order valence-electron chi connectivity index (χ1n) is 15.8. The third-order valence-electron chi connectivity index (χ3n) is 7.90. The molecule has 0 bridgehead atoms. The minimum absolute atomic E-state index is 0.159. The Morgan fingerprint density at radius 2 is 1.15 bits per heavy atom. The maximum absolute atomic E-state index is 6.61. The predicted molar refractivity (Wildman–Crippen MR) is 174 cm³/mol. The number of rotatable bonds is 18. The monoisotopic (exact) mass is 566 g/mol. The highest BCUT2D eigenvalue weighted by atomic mass is 32.1. The van der Waals surface area contributed by atoms with Crippen LogP contribution in [0, 0.1) is 13.8 Å². The van der Waals surface area contributed by atoms with E-state index in [9.17, 15) is 0 Å². The lowest BCUT2D eigenvalue weighted by Gasteiger charge is -2.17. The van der Waals surface area contributed by atoms with Crippen molar-refractivity contribution >= 4 is 53.9 Å². The molecule has 214 valence electrons. The normalized spacial score (nSPS) is 12.7. The second-order valence-electron chi connectivity index (χ2n) is 11.6. The molecule has 0 aliphatic rings. The summed E-state index contributed by atoms with van der Waals surface area (Å²) in [6.07, 6.45) is 20.6. The van der Waals surface area contributed by atoms with Crippen LogP contribution in [-0.2, 0) is 6.42 Å². The first-order valence-corrected chi connectivity index (χ1v) is 17.4. The second kappa shape index (κ2) is 15.3. The molecule has 0 fully saturated rings. The van der Waals surface area contributed by atoms with Crippen LogP contribution in [0.15, 0.2) is 12.1 Å². The molecule has 1 unspecified atom stereocenters. The van der Waals surface area contributed by atoms with Crippen LogP contribution in [0.4, 0.5) is 0 Å². The van der Waals surface area contributed by atoms with Gasteiger partial charge in [-0.05, 0) is 58.6 Å². The van der Waals surface area contributed by atoms with E-state index in [1.54, 1.807) is 0 Å². The lowest BCUT2D eigenvalue weighted by molar-refractivity contribution is 0.195. The molecule has 0 aliphatic carbocycles. The third kappa shape index (κ3) is 8.16. The lowest BCUT2D eigenvalue weighted by Crippen LogP contribution is -2.15. The summed E-state index contributed by atoms with van der Waals surface area (Å²) >= 11 is 3.77. The van der Waals surface area contributed by atoms with Gasteiger partial charge >= 0.3 is 0 Å². The van der Waals surface area contributed by atoms with Crippen LogP contribution in [0.1, 0.15) is 133 Å². The maximum Gasteiger partial charge on any atom is 0.236 e. The number of aryl methyl sites for hydroxylation is 3. The number of thiophene rings is 2. The van der Waals surface area contributed by atoms with Crippen LogP contribution in [0.5, 0.6) is 5.88 Å². The average molecular weight is 567 g/mol. The van der Waals surface area contributed by atoms with Gasteiger partial charge in [0.1, 0.15) is 11.2 Å². The molecule has 4 rings (SSSR count). The average Bonchev–Trinajstić information content (AvgIpc) is 3.50. The smallest absolute Gasteiger partial charge is 0.236 e. The summed E-state index contributed by atoms with van der Waals surface area (Å²) in [5, 5.41) is 2.50. The topological polar surface area (TPSA) is 35.0 Å². The number of nitrogens with zero attached hydrogens (tertiary/aromatic N) is 2. The van der Waals surface area contributed by atoms with Gasteiger partial charge in [0, 0.05) is 20.5 Å². The van der Waals surface area contributed by atoms with Gasteiger partial charge in [0.15, 0.2) is 0 Å². The molecule has 3 aromatic heterocycles. The fraction of sp³-hybridized carbons (Fsp3) is 0.647. The van der Waals surface area contributed by atoms with Crippen molar-refractivity contribution in [2.45, 2.75) is 143 Å². The van der Waals surface area contributed by atoms with Gasteiger partial charge in [-0.3, -0.25) is 0 Å². The first-order chi connectivity index (χ1) is 19.0. The molecule has 0 saturated heterocycles. The molecule has 0 saturated carbocycles. The predicted octanol–water partition coefficient (Wildman–Crippen LogP) is 11.9. The van der Waals surface area contributed by atoms with Crippen LogP contribution in [0.2, 0.25) is 0 Å². The zero-order chi connectivity index (χ0) is 27.6. The number of unbranched alkanes of at least 4 members (excludes halogenated alkanes) is 12. The van der Waals surface area contributed by atoms with Crippen molar-refractivity contribution in [1.82, 2.24) is 9.97 Å². The first kappa shape index (κ1) is 30.2. The molecule has 1 atom stereocenters. The van der Waals surface area contributed by atoms with Crippen molar-refractivity contribution < 1.29 is 4.74 Å². The number of hydrogen-bond acceptors (Lipinski definition) is 5. The molecule has 3 heterocycles. The standard InChI is InChI=1S/C34H50N2OS2/c1-6-8-10-12-14-15-16-18-20-24(3)37-34-29(21-19-17-13-11-9-7-2)35-30-27-22-25(4)38-32(27)33-28(31(30)36-34)23-26(5)39-33/h22-24H,6-21H2,1-5H3. The summed E-state index contributed by atoms with van der Waals surface area (Å²) < 4.78 is 9.33. The minimum Gasteiger partial charge on any atom is -0.473 e. The van der Waals surface area contributed by atoms with Gasteiger partial charge in [-0.1, -0.05) is 90.9 Å². The zero-order valence-corrected chi connectivity index (χ0v) is 26.8. The fourth-order valence-corrected chi connectivity index (χ4v) is 7.88. The molecule has 3 nitrogen and oxygen atoms in total. The lowest BCUT2D eigenvalue weighted by atomic mass is 10.1. The number of aromatic nitrogens is 2. The molecule has 0 amide bonds. The van der Waals surface area contributed by atoms with Crippen LogP contribution in [0.3, 0.4) is 0 Å². The van der Waals surface area contributed by atoms with Gasteiger partial charge in [0.2, 0.25) is 5.88 Å². The van der Waals surface area contributed by atoms with Crippen molar-refractivity contribution in [2.75, 3.05) is 0 Å². The van der Waals surface area contributed by atoms with Crippen molar-refractivity contribution in [3.05, 3.63) is 27.6 Å². The minimum atomic E-state index is 0.159. The van der Waals surface area contributed by atoms with Gasteiger partial charge in [-0.15, -0.1) is 22.7 Å². The summed E-state index contributed by atoms with van der Waals surface area (Å²) in [7, 11) is 0. The number of ether oxygens (including phenoxy) is 1. The van der Waals surface area contributed by atoms with Crippen molar-refractivity contribution in [2.24, 2.45) is 0 Å². The number of benzene rings is 1. The highest BCUT2D eigenvalue weighted by Gasteiger charge is 2.20. The zero-order valence-electron chi connectivity index (χ0n) is 25.2. The Kier molecular flexibility index (Phi) is 11.9. The van der Waals surface area contributed by atoms with Gasteiger partial charge in [-0.2, -0.15) is 0 Å². The number of hydrogen-bond donors (Lipinski definition) is 0. The van der Waals surface area contributed by atoms with Gasteiger partial charge < -0.3 is 4.74 Å². The van der Waals surface area contributed by atoms with Gasteiger partial charge in [-0.25, -0.2) is 9.97 Å². The molecule has 5 heteroatoms. The Labute approximate surface area is 244 Å². The van der Waals surface area contributed by atoms with Crippen molar-refractivity contribution in [3.8, 4) is 5.88 Å². The van der Waals surface area contributed by atoms with Crippen molar-refractivity contribution in [1.29, 1.82) is 0 Å². The van der Waals surface area contributed by atoms with E-state index in [2.05, 4.69) is 46.8 Å². The fourth-order valence-electron chi connectivity index (χ4n) is 5.69. The van der Waals surface area contributed by atoms with Crippen LogP contribution in [0.25, 0.3) is 31.2 Å². The molecule has 0 aliphatic heterocycles. The molecular formula is C34H50N2OS2. The van der Waals surface area contributed by atoms with E-state index in [0.29, 0.717) is 0 Å². The summed E-state index contributed by atoms with van der Waals surface area (Å²) in [6.45, 7) is 11.2. The van der Waals surface area contributed by atoms with Crippen LogP contribution >= 0.6 is 22.7 Å². The highest BCUT2D eigenvalue weighted by Crippen LogP contribution is 2.43. The Morgan fingerprint density at radius 3 is 1.72 bits per heavy atom. The van der Waals surface area contributed by atoms with E-state index >= 15 is 0 Å². The summed E-state index contributed by atoms with van der Waals surface area (Å²) in [6, 6.07) is 4.61. The van der Waals surface area contributed by atoms with Gasteiger partial charge in [0.25, 0.3) is 0 Å².